The topological polar surface area (TPSA) is 43.6 Å². The molecule has 0 fully saturated rings. The summed E-state index contributed by atoms with van der Waals surface area (Å²) in [5, 5.41) is 9.48. The Kier molecular flexibility index (Phi) is 9.14. The number of fused-ring (bicyclic) bond motifs is 6. The van der Waals surface area contributed by atoms with Gasteiger partial charge in [0.2, 0.25) is 0 Å². The van der Waals surface area contributed by atoms with Gasteiger partial charge >= 0.3 is 0 Å². The summed E-state index contributed by atoms with van der Waals surface area (Å²) in [6.07, 6.45) is 0. The number of hydrogen-bond acceptors (Lipinski definition) is 3. The molecule has 0 N–H and O–H groups in total. The van der Waals surface area contributed by atoms with Crippen LogP contribution in [-0.2, 0) is 0 Å². The van der Waals surface area contributed by atoms with Gasteiger partial charge in [0.1, 0.15) is 0 Å². The van der Waals surface area contributed by atoms with Crippen molar-refractivity contribution >= 4 is 54.1 Å². The predicted octanol–water partition coefficient (Wildman–Crippen LogP) is 16.4. The number of benzene rings is 11. The maximum absolute atomic E-state index is 5.49. The van der Waals surface area contributed by atoms with E-state index in [4.69, 9.17) is 15.0 Å². The lowest BCUT2D eigenvalue weighted by molar-refractivity contribution is 1.07. The first-order chi connectivity index (χ1) is 33.2. The largest absolute Gasteiger partial charge is 0.308 e. The molecule has 0 bridgehead atoms. The summed E-state index contributed by atoms with van der Waals surface area (Å²) in [5.74, 6) is 1.82. The molecule has 0 radical (unpaired) electrons. The minimum Gasteiger partial charge on any atom is -0.308 e. The van der Waals surface area contributed by atoms with E-state index < -0.39 is 0 Å². The van der Waals surface area contributed by atoms with Crippen molar-refractivity contribution in [1.82, 2.24) is 19.5 Å². The average Bonchev–Trinajstić information content (AvgIpc) is 3.70. The summed E-state index contributed by atoms with van der Waals surface area (Å²) >= 11 is 0. The number of aromatic nitrogens is 4. The van der Waals surface area contributed by atoms with Gasteiger partial charge in [0.25, 0.3) is 0 Å². The van der Waals surface area contributed by atoms with Crippen LogP contribution in [0.15, 0.2) is 243 Å². The predicted molar refractivity (Wildman–Crippen MR) is 279 cm³/mol. The highest BCUT2D eigenvalue weighted by Gasteiger charge is 2.28. The van der Waals surface area contributed by atoms with E-state index in [1.807, 2.05) is 18.2 Å². The third-order valence-corrected chi connectivity index (χ3v) is 13.1. The molecule has 0 amide bonds. The fourth-order valence-electron chi connectivity index (χ4n) is 10.0. The van der Waals surface area contributed by atoms with Crippen LogP contribution >= 0.6 is 0 Å². The molecular formula is C63H40N4. The monoisotopic (exact) mass is 852 g/mol. The smallest absolute Gasteiger partial charge is 0.164 e. The van der Waals surface area contributed by atoms with E-state index in [2.05, 4.69) is 229 Å². The van der Waals surface area contributed by atoms with Crippen LogP contribution in [0.1, 0.15) is 0 Å². The average molecular weight is 853 g/mol. The zero-order valence-electron chi connectivity index (χ0n) is 36.4. The van der Waals surface area contributed by atoms with Crippen molar-refractivity contribution in [2.75, 3.05) is 0 Å². The first kappa shape index (κ1) is 38.5. The lowest BCUT2D eigenvalue weighted by atomic mass is 9.84. The van der Waals surface area contributed by atoms with E-state index in [-0.39, 0.29) is 0 Å². The maximum atomic E-state index is 5.49. The highest BCUT2D eigenvalue weighted by Crippen LogP contribution is 2.50. The van der Waals surface area contributed by atoms with Crippen LogP contribution in [0.4, 0.5) is 0 Å². The molecule has 2 heterocycles. The molecule has 4 heteroatoms. The first-order valence-corrected chi connectivity index (χ1v) is 22.8. The van der Waals surface area contributed by atoms with Crippen LogP contribution in [0.25, 0.3) is 127 Å². The Morgan fingerprint density at radius 3 is 1.19 bits per heavy atom. The van der Waals surface area contributed by atoms with E-state index in [1.54, 1.807) is 0 Å². The molecule has 11 aromatic carbocycles. The lowest BCUT2D eigenvalue weighted by Crippen LogP contribution is -2.06. The second-order valence-corrected chi connectivity index (χ2v) is 17.2. The quantitative estimate of drug-likeness (QED) is 0.160. The minimum absolute atomic E-state index is 0.594. The fourth-order valence-corrected chi connectivity index (χ4v) is 10.0. The van der Waals surface area contributed by atoms with Crippen LogP contribution in [0.2, 0.25) is 0 Å². The molecule has 312 valence electrons. The Balaban J connectivity index is 1.23. The molecule has 0 saturated heterocycles. The second-order valence-electron chi connectivity index (χ2n) is 17.2. The van der Waals surface area contributed by atoms with Crippen LogP contribution in [0.3, 0.4) is 0 Å². The van der Waals surface area contributed by atoms with Gasteiger partial charge in [-0.2, -0.15) is 0 Å². The van der Waals surface area contributed by atoms with Gasteiger partial charge in [-0.25, -0.2) is 15.0 Å². The standard InChI is InChI=1S/C63H40N4/c1-5-20-42(21-6-1)52-40-55(63-65-61(45-26-11-4-12-27-45)64-62(66-63)51-34-33-41-19-13-14-28-46(41)35-51)58(43-22-7-2-8-23-43)59(44-24-9-3-10-25-44)60(52)67-56-38-49-31-17-15-29-47(49)36-53(56)54-37-48-30-16-18-32-50(48)39-57(54)67/h1-40H. The van der Waals surface area contributed by atoms with Crippen molar-refractivity contribution in [2.45, 2.75) is 0 Å². The van der Waals surface area contributed by atoms with E-state index in [1.165, 1.54) is 32.3 Å². The van der Waals surface area contributed by atoms with Gasteiger partial charge in [0, 0.05) is 44.2 Å². The summed E-state index contributed by atoms with van der Waals surface area (Å²) in [7, 11) is 0. The van der Waals surface area contributed by atoms with Crippen molar-refractivity contribution < 1.29 is 0 Å². The zero-order valence-corrected chi connectivity index (χ0v) is 36.4. The Morgan fingerprint density at radius 1 is 0.254 bits per heavy atom. The van der Waals surface area contributed by atoms with E-state index in [0.717, 1.165) is 77.6 Å². The number of rotatable bonds is 7. The van der Waals surface area contributed by atoms with Gasteiger partial charge in [0.15, 0.2) is 17.5 Å². The van der Waals surface area contributed by atoms with Gasteiger partial charge in [-0.15, -0.1) is 0 Å². The van der Waals surface area contributed by atoms with Crippen molar-refractivity contribution in [1.29, 1.82) is 0 Å². The highest BCUT2D eigenvalue weighted by atomic mass is 15.0. The van der Waals surface area contributed by atoms with Crippen molar-refractivity contribution in [2.24, 2.45) is 0 Å². The van der Waals surface area contributed by atoms with Gasteiger partial charge in [-0.05, 0) is 85.4 Å². The van der Waals surface area contributed by atoms with Crippen LogP contribution < -0.4 is 0 Å². The highest BCUT2D eigenvalue weighted by molar-refractivity contribution is 6.18. The molecule has 67 heavy (non-hydrogen) atoms. The summed E-state index contributed by atoms with van der Waals surface area (Å²) < 4.78 is 2.54. The van der Waals surface area contributed by atoms with E-state index in [9.17, 15) is 0 Å². The fraction of sp³-hybridized carbons (Fsp3) is 0. The Bertz CT molecular complexity index is 3920. The summed E-state index contributed by atoms with van der Waals surface area (Å²) in [6, 6.07) is 86.8. The molecule has 0 aliphatic carbocycles. The molecule has 0 aliphatic heterocycles. The second kappa shape index (κ2) is 15.9. The van der Waals surface area contributed by atoms with Gasteiger partial charge in [-0.3, -0.25) is 0 Å². The van der Waals surface area contributed by atoms with Crippen LogP contribution in [0.5, 0.6) is 0 Å². The molecule has 0 unspecified atom stereocenters. The van der Waals surface area contributed by atoms with Crippen LogP contribution in [0, 0.1) is 0 Å². The van der Waals surface area contributed by atoms with Gasteiger partial charge in [0.05, 0.1) is 16.7 Å². The molecule has 2 aromatic heterocycles. The van der Waals surface area contributed by atoms with E-state index >= 15 is 0 Å². The van der Waals surface area contributed by atoms with Crippen molar-refractivity contribution in [3.63, 3.8) is 0 Å². The Labute approximate surface area is 387 Å². The maximum Gasteiger partial charge on any atom is 0.164 e. The number of nitrogens with zero attached hydrogens (tertiary/aromatic N) is 4. The molecule has 0 spiro atoms. The SMILES string of the molecule is c1ccc(-c2nc(-c3ccc4ccccc4c3)nc(-c3cc(-c4ccccc4)c(-n4c5cc6ccccc6cc5c5cc6ccccc6cc54)c(-c4ccccc4)c3-c3ccccc3)n2)cc1. The zero-order chi connectivity index (χ0) is 44.3. The van der Waals surface area contributed by atoms with Crippen LogP contribution in [-0.4, -0.2) is 19.5 Å². The summed E-state index contributed by atoms with van der Waals surface area (Å²) in [5.41, 5.74) is 12.5. The van der Waals surface area contributed by atoms with Crippen molar-refractivity contribution in [3.8, 4) is 73.2 Å². The molecular weight excluding hydrogens is 813 g/mol. The van der Waals surface area contributed by atoms with Gasteiger partial charge < -0.3 is 4.57 Å². The molecule has 0 saturated carbocycles. The summed E-state index contributed by atoms with van der Waals surface area (Å²) in [6.45, 7) is 0. The molecule has 0 aliphatic rings. The Hall–Kier alpha value is -8.99. The normalized spacial score (nSPS) is 11.6. The molecule has 0 atom stereocenters. The molecule has 13 aromatic rings. The lowest BCUT2D eigenvalue weighted by Gasteiger charge is -2.25. The van der Waals surface area contributed by atoms with Crippen molar-refractivity contribution in [3.05, 3.63) is 243 Å². The molecule has 13 rings (SSSR count). The van der Waals surface area contributed by atoms with Gasteiger partial charge in [-0.1, -0.05) is 206 Å². The summed E-state index contributed by atoms with van der Waals surface area (Å²) in [4.78, 5) is 16.2. The number of hydrogen-bond donors (Lipinski definition) is 0. The minimum atomic E-state index is 0.594. The third kappa shape index (κ3) is 6.65. The first-order valence-electron chi connectivity index (χ1n) is 22.8. The Morgan fingerprint density at radius 2 is 0.657 bits per heavy atom. The van der Waals surface area contributed by atoms with E-state index in [0.29, 0.717) is 17.5 Å². The molecule has 4 nitrogen and oxygen atoms in total. The third-order valence-electron chi connectivity index (χ3n) is 13.1.